The van der Waals surface area contributed by atoms with E-state index in [1.807, 2.05) is 30.3 Å². The summed E-state index contributed by atoms with van der Waals surface area (Å²) in [5.74, 6) is -0.963. The highest BCUT2D eigenvalue weighted by atomic mass is 35.5. The highest BCUT2D eigenvalue weighted by Gasteiger charge is 2.27. The number of hydrogen-bond acceptors (Lipinski definition) is 6. The van der Waals surface area contributed by atoms with Crippen LogP contribution in [0, 0.1) is 0 Å². The van der Waals surface area contributed by atoms with E-state index in [-0.39, 0.29) is 11.8 Å². The van der Waals surface area contributed by atoms with Crippen molar-refractivity contribution in [2.45, 2.75) is 61.8 Å². The Hall–Kier alpha value is -2.97. The van der Waals surface area contributed by atoms with Gasteiger partial charge in [0, 0.05) is 32.7 Å². The summed E-state index contributed by atoms with van der Waals surface area (Å²) in [6.07, 6.45) is 3.90. The number of benzene rings is 2. The van der Waals surface area contributed by atoms with E-state index in [0.29, 0.717) is 21.9 Å². The summed E-state index contributed by atoms with van der Waals surface area (Å²) < 4.78 is 11.2. The van der Waals surface area contributed by atoms with Crippen LogP contribution < -0.4 is 10.6 Å². The van der Waals surface area contributed by atoms with Crippen LogP contribution in [0.1, 0.15) is 55.1 Å². The van der Waals surface area contributed by atoms with Gasteiger partial charge in [-0.05, 0) is 50.1 Å². The van der Waals surface area contributed by atoms with Crippen LogP contribution in [-0.4, -0.2) is 30.1 Å². The number of halogens is 1. The van der Waals surface area contributed by atoms with Gasteiger partial charge in [-0.15, -0.1) is 11.8 Å². The topological polar surface area (TPSA) is 97.6 Å². The second-order valence-electron chi connectivity index (χ2n) is 8.49. The number of imide groups is 1. The number of carbonyl (C=O) groups is 3. The fraction of sp³-hybridized carbons (Fsp3) is 0.346. The van der Waals surface area contributed by atoms with E-state index in [9.17, 15) is 14.4 Å². The minimum atomic E-state index is -1.18. The Morgan fingerprint density at radius 2 is 1.80 bits per heavy atom. The Labute approximate surface area is 212 Å². The minimum absolute atomic E-state index is 0.0407. The molecule has 1 aromatic heterocycles. The van der Waals surface area contributed by atoms with Gasteiger partial charge in [-0.25, -0.2) is 9.59 Å². The van der Waals surface area contributed by atoms with E-state index in [1.54, 1.807) is 18.2 Å². The summed E-state index contributed by atoms with van der Waals surface area (Å²) >= 11 is 7.49. The zero-order valence-corrected chi connectivity index (χ0v) is 20.9. The maximum absolute atomic E-state index is 13.0. The molecule has 184 valence electrons. The monoisotopic (exact) mass is 514 g/mol. The van der Waals surface area contributed by atoms with Crippen molar-refractivity contribution < 1.29 is 23.5 Å². The normalized spacial score (nSPS) is 14.9. The molecule has 1 aliphatic rings. The Balaban J connectivity index is 1.41. The van der Waals surface area contributed by atoms with Crippen LogP contribution in [0.4, 0.5) is 4.79 Å². The van der Waals surface area contributed by atoms with Crippen molar-refractivity contribution in [2.24, 2.45) is 0 Å². The van der Waals surface area contributed by atoms with Crippen molar-refractivity contribution in [3.63, 3.8) is 0 Å². The fourth-order valence-corrected chi connectivity index (χ4v) is 5.09. The number of fused-ring (bicyclic) bond motifs is 1. The van der Waals surface area contributed by atoms with Gasteiger partial charge in [0.15, 0.2) is 6.10 Å². The number of hydrogen-bond donors (Lipinski definition) is 2. The summed E-state index contributed by atoms with van der Waals surface area (Å²) in [5.41, 5.74) is 1.23. The molecule has 0 spiro atoms. The van der Waals surface area contributed by atoms with Crippen LogP contribution in [0.25, 0.3) is 11.0 Å². The van der Waals surface area contributed by atoms with Gasteiger partial charge in [-0.1, -0.05) is 49.1 Å². The zero-order valence-electron chi connectivity index (χ0n) is 19.3. The van der Waals surface area contributed by atoms with Crippen molar-refractivity contribution >= 4 is 52.2 Å². The van der Waals surface area contributed by atoms with Gasteiger partial charge in [0.25, 0.3) is 5.91 Å². The Morgan fingerprint density at radius 1 is 1.09 bits per heavy atom. The van der Waals surface area contributed by atoms with Gasteiger partial charge >= 0.3 is 12.0 Å². The number of ether oxygens (including phenoxy) is 1. The number of amides is 3. The molecule has 9 heteroatoms. The largest absolute Gasteiger partial charge is 0.449 e. The predicted molar refractivity (Wildman–Crippen MR) is 136 cm³/mol. The van der Waals surface area contributed by atoms with E-state index >= 15 is 0 Å². The standard InChI is InChI=1S/C26H27ClN2O5S/c1-16(24(30)29-26(32)28-18-7-3-2-4-8-18)33-25(31)23-21(20-9-5-6-10-22(20)34-23)15-35-19-13-11-17(27)12-14-19/h5-6,9-14,16,18H,2-4,7-8,15H2,1H3,(H2,28,29,30,32)/t16-/m0/s1. The molecule has 1 heterocycles. The van der Waals surface area contributed by atoms with E-state index in [4.69, 9.17) is 20.8 Å². The molecule has 0 bridgehead atoms. The SMILES string of the molecule is C[C@H](OC(=O)c1oc2ccccc2c1CSc1ccc(Cl)cc1)C(=O)NC(=O)NC1CCCCC1. The third-order valence-corrected chi connectivity index (χ3v) is 7.20. The summed E-state index contributed by atoms with van der Waals surface area (Å²) in [6, 6.07) is 14.2. The lowest BCUT2D eigenvalue weighted by molar-refractivity contribution is -0.128. The molecule has 3 amide bonds. The molecule has 3 aromatic rings. The number of para-hydroxylation sites is 1. The number of nitrogens with one attached hydrogen (secondary N) is 2. The van der Waals surface area contributed by atoms with Crippen LogP contribution in [0.3, 0.4) is 0 Å². The molecule has 2 aromatic carbocycles. The van der Waals surface area contributed by atoms with Crippen LogP contribution in [-0.2, 0) is 15.3 Å². The van der Waals surface area contributed by atoms with Gasteiger partial charge in [0.1, 0.15) is 5.58 Å². The van der Waals surface area contributed by atoms with Crippen molar-refractivity contribution in [3.8, 4) is 0 Å². The Morgan fingerprint density at radius 3 is 2.54 bits per heavy atom. The van der Waals surface area contributed by atoms with E-state index in [2.05, 4.69) is 10.6 Å². The summed E-state index contributed by atoms with van der Waals surface area (Å²) in [7, 11) is 0. The first-order valence-corrected chi connectivity index (χ1v) is 13.0. The number of furan rings is 1. The van der Waals surface area contributed by atoms with E-state index < -0.39 is 24.0 Å². The highest BCUT2D eigenvalue weighted by Crippen LogP contribution is 2.33. The number of urea groups is 1. The first kappa shape index (κ1) is 25.1. The zero-order chi connectivity index (χ0) is 24.8. The number of rotatable bonds is 7. The molecule has 0 aliphatic heterocycles. The van der Waals surface area contributed by atoms with Crippen molar-refractivity contribution in [1.82, 2.24) is 10.6 Å². The lowest BCUT2D eigenvalue weighted by Gasteiger charge is -2.23. The average Bonchev–Trinajstić information content (AvgIpc) is 3.23. The molecule has 1 atom stereocenters. The van der Waals surface area contributed by atoms with Crippen molar-refractivity contribution in [1.29, 1.82) is 0 Å². The van der Waals surface area contributed by atoms with E-state index in [0.717, 1.165) is 42.4 Å². The third-order valence-electron chi connectivity index (χ3n) is 5.91. The lowest BCUT2D eigenvalue weighted by atomic mass is 9.96. The molecule has 35 heavy (non-hydrogen) atoms. The minimum Gasteiger partial charge on any atom is -0.449 e. The maximum atomic E-state index is 13.0. The van der Waals surface area contributed by atoms with Crippen LogP contribution in [0.15, 0.2) is 57.8 Å². The molecular formula is C26H27ClN2O5S. The first-order valence-electron chi connectivity index (χ1n) is 11.6. The Kier molecular flexibility index (Phi) is 8.36. The molecule has 0 unspecified atom stereocenters. The average molecular weight is 515 g/mol. The molecule has 2 N–H and O–H groups in total. The smallest absolute Gasteiger partial charge is 0.375 e. The molecule has 1 saturated carbocycles. The van der Waals surface area contributed by atoms with Gasteiger partial charge in [0.2, 0.25) is 5.76 Å². The third kappa shape index (κ3) is 6.58. The van der Waals surface area contributed by atoms with E-state index in [1.165, 1.54) is 18.7 Å². The molecule has 4 rings (SSSR count). The molecule has 7 nitrogen and oxygen atoms in total. The molecule has 0 saturated heterocycles. The highest BCUT2D eigenvalue weighted by molar-refractivity contribution is 7.98. The summed E-state index contributed by atoms with van der Waals surface area (Å²) in [4.78, 5) is 38.6. The Bertz CT molecular complexity index is 1200. The molecule has 0 radical (unpaired) electrons. The lowest BCUT2D eigenvalue weighted by Crippen LogP contribution is -2.48. The first-order chi connectivity index (χ1) is 16.9. The second-order valence-corrected chi connectivity index (χ2v) is 9.98. The number of carbonyl (C=O) groups excluding carboxylic acids is 3. The maximum Gasteiger partial charge on any atom is 0.375 e. The summed E-state index contributed by atoms with van der Waals surface area (Å²) in [6.45, 7) is 1.42. The van der Waals surface area contributed by atoms with Crippen molar-refractivity contribution in [2.75, 3.05) is 0 Å². The van der Waals surface area contributed by atoms with Gasteiger partial charge < -0.3 is 14.5 Å². The number of thioether (sulfide) groups is 1. The van der Waals surface area contributed by atoms with Crippen LogP contribution >= 0.6 is 23.4 Å². The quantitative estimate of drug-likeness (QED) is 0.293. The molecule has 1 fully saturated rings. The fourth-order valence-electron chi connectivity index (χ4n) is 4.04. The predicted octanol–water partition coefficient (Wildman–Crippen LogP) is 6.08. The second kappa shape index (κ2) is 11.6. The van der Waals surface area contributed by atoms with Gasteiger partial charge in [-0.3, -0.25) is 10.1 Å². The van der Waals surface area contributed by atoms with Crippen LogP contribution in [0.5, 0.6) is 0 Å². The van der Waals surface area contributed by atoms with Gasteiger partial charge in [0.05, 0.1) is 0 Å². The number of esters is 1. The van der Waals surface area contributed by atoms with Crippen molar-refractivity contribution in [3.05, 3.63) is 64.9 Å². The summed E-state index contributed by atoms with van der Waals surface area (Å²) in [5, 5.41) is 6.52. The molecular weight excluding hydrogens is 488 g/mol. The van der Waals surface area contributed by atoms with Gasteiger partial charge in [-0.2, -0.15) is 0 Å². The molecule has 1 aliphatic carbocycles. The van der Waals surface area contributed by atoms with Crippen LogP contribution in [0.2, 0.25) is 5.02 Å².